The number of halogens is 1. The van der Waals surface area contributed by atoms with E-state index in [2.05, 4.69) is 15.9 Å². The third-order valence-electron chi connectivity index (χ3n) is 2.83. The number of aryl methyl sites for hydroxylation is 1. The van der Waals surface area contributed by atoms with Crippen molar-refractivity contribution in [2.45, 2.75) is 32.8 Å². The van der Waals surface area contributed by atoms with Crippen molar-refractivity contribution in [3.8, 4) is 5.75 Å². The highest BCUT2D eigenvalue weighted by molar-refractivity contribution is 9.10. The fraction of sp³-hybridized carbons (Fsp3) is 0.538. The first-order chi connectivity index (χ1) is 7.85. The van der Waals surface area contributed by atoms with Gasteiger partial charge in [0.1, 0.15) is 5.75 Å². The molecule has 0 heterocycles. The Balaban J connectivity index is 2.61. The Labute approximate surface area is 111 Å². The quantitative estimate of drug-likeness (QED) is 0.846. The van der Waals surface area contributed by atoms with Gasteiger partial charge in [-0.25, -0.2) is 0 Å². The second-order valence-corrected chi connectivity index (χ2v) is 5.56. The van der Waals surface area contributed by atoms with Gasteiger partial charge in [0.2, 0.25) is 0 Å². The average molecular weight is 302 g/mol. The van der Waals surface area contributed by atoms with Crippen LogP contribution in [0.2, 0.25) is 0 Å². The molecule has 0 bridgehead atoms. The first kappa shape index (κ1) is 14.3. The minimum Gasteiger partial charge on any atom is -0.492 e. The minimum absolute atomic E-state index is 0.157. The standard InChI is InChI=1S/C13H20BrNO2/c1-9-7-12(10(14)8-11(9)15)17-6-5-13(2,3)16-4/h7-8H,5-6,15H2,1-4H3. The van der Waals surface area contributed by atoms with Crippen molar-refractivity contribution in [2.24, 2.45) is 0 Å². The maximum absolute atomic E-state index is 5.80. The van der Waals surface area contributed by atoms with Crippen LogP contribution in [0.4, 0.5) is 5.69 Å². The summed E-state index contributed by atoms with van der Waals surface area (Å²) in [6.07, 6.45) is 0.833. The lowest BCUT2D eigenvalue weighted by atomic mass is 10.1. The van der Waals surface area contributed by atoms with Crippen LogP contribution in [0.3, 0.4) is 0 Å². The molecule has 1 aromatic rings. The smallest absolute Gasteiger partial charge is 0.133 e. The molecular weight excluding hydrogens is 282 g/mol. The fourth-order valence-corrected chi connectivity index (χ4v) is 1.77. The summed E-state index contributed by atoms with van der Waals surface area (Å²) in [7, 11) is 1.71. The van der Waals surface area contributed by atoms with Crippen LogP contribution in [-0.4, -0.2) is 19.3 Å². The molecule has 2 N–H and O–H groups in total. The van der Waals surface area contributed by atoms with Crippen molar-refractivity contribution < 1.29 is 9.47 Å². The Kier molecular flexibility index (Phi) is 4.83. The van der Waals surface area contributed by atoms with Gasteiger partial charge in [0, 0.05) is 19.2 Å². The predicted molar refractivity (Wildman–Crippen MR) is 74.5 cm³/mol. The molecule has 0 atom stereocenters. The van der Waals surface area contributed by atoms with Crippen molar-refractivity contribution in [3.63, 3.8) is 0 Å². The molecule has 0 aliphatic rings. The maximum atomic E-state index is 5.80. The summed E-state index contributed by atoms with van der Waals surface area (Å²) < 4.78 is 11.9. The molecule has 0 fully saturated rings. The van der Waals surface area contributed by atoms with Gasteiger partial charge in [-0.15, -0.1) is 0 Å². The normalized spacial score (nSPS) is 11.6. The van der Waals surface area contributed by atoms with E-state index >= 15 is 0 Å². The lowest BCUT2D eigenvalue weighted by Gasteiger charge is -2.23. The van der Waals surface area contributed by atoms with E-state index in [0.717, 1.165) is 27.9 Å². The zero-order valence-electron chi connectivity index (χ0n) is 10.8. The van der Waals surface area contributed by atoms with Crippen molar-refractivity contribution in [1.82, 2.24) is 0 Å². The molecule has 0 unspecified atom stereocenters. The van der Waals surface area contributed by atoms with Crippen LogP contribution in [0.5, 0.6) is 5.75 Å². The van der Waals surface area contributed by atoms with Gasteiger partial charge in [0.15, 0.2) is 0 Å². The van der Waals surface area contributed by atoms with E-state index in [9.17, 15) is 0 Å². The Morgan fingerprint density at radius 2 is 2.00 bits per heavy atom. The Hall–Kier alpha value is -0.740. The number of hydrogen-bond acceptors (Lipinski definition) is 3. The summed E-state index contributed by atoms with van der Waals surface area (Å²) in [6, 6.07) is 3.81. The second kappa shape index (κ2) is 5.74. The molecule has 4 heteroatoms. The average Bonchev–Trinajstić information content (AvgIpc) is 2.25. The van der Waals surface area contributed by atoms with E-state index in [1.54, 1.807) is 7.11 Å². The van der Waals surface area contributed by atoms with Crippen LogP contribution in [-0.2, 0) is 4.74 Å². The van der Waals surface area contributed by atoms with Crippen LogP contribution >= 0.6 is 15.9 Å². The lowest BCUT2D eigenvalue weighted by molar-refractivity contribution is 0.00539. The molecule has 3 nitrogen and oxygen atoms in total. The van der Waals surface area contributed by atoms with Crippen LogP contribution < -0.4 is 10.5 Å². The SMILES string of the molecule is COC(C)(C)CCOc1cc(C)c(N)cc1Br. The highest BCUT2D eigenvalue weighted by Crippen LogP contribution is 2.30. The molecule has 0 aliphatic carbocycles. The van der Waals surface area contributed by atoms with Crippen molar-refractivity contribution in [2.75, 3.05) is 19.5 Å². The number of benzene rings is 1. The molecule has 1 aromatic carbocycles. The van der Waals surface area contributed by atoms with Gasteiger partial charge in [0.05, 0.1) is 16.7 Å². The Morgan fingerprint density at radius 3 is 2.59 bits per heavy atom. The zero-order valence-corrected chi connectivity index (χ0v) is 12.4. The topological polar surface area (TPSA) is 44.5 Å². The molecule has 0 saturated carbocycles. The number of nitrogens with two attached hydrogens (primary N) is 1. The largest absolute Gasteiger partial charge is 0.492 e. The highest BCUT2D eigenvalue weighted by atomic mass is 79.9. The van der Waals surface area contributed by atoms with Gasteiger partial charge in [-0.2, -0.15) is 0 Å². The van der Waals surface area contributed by atoms with Gasteiger partial charge in [-0.05, 0) is 54.4 Å². The third-order valence-corrected chi connectivity index (χ3v) is 3.45. The monoisotopic (exact) mass is 301 g/mol. The summed E-state index contributed by atoms with van der Waals surface area (Å²) in [4.78, 5) is 0. The van der Waals surface area contributed by atoms with Crippen LogP contribution in [0.15, 0.2) is 16.6 Å². The van der Waals surface area contributed by atoms with Gasteiger partial charge in [0.25, 0.3) is 0 Å². The summed E-state index contributed by atoms with van der Waals surface area (Å²) in [5.41, 5.74) is 7.43. The van der Waals surface area contributed by atoms with E-state index in [1.165, 1.54) is 0 Å². The first-order valence-electron chi connectivity index (χ1n) is 5.59. The summed E-state index contributed by atoms with van der Waals surface area (Å²) in [6.45, 7) is 6.66. The molecule has 96 valence electrons. The lowest BCUT2D eigenvalue weighted by Crippen LogP contribution is -2.25. The van der Waals surface area contributed by atoms with Gasteiger partial charge in [-0.1, -0.05) is 0 Å². The molecule has 0 radical (unpaired) electrons. The second-order valence-electron chi connectivity index (χ2n) is 4.70. The van der Waals surface area contributed by atoms with E-state index in [-0.39, 0.29) is 5.60 Å². The molecule has 0 saturated heterocycles. The number of ether oxygens (including phenoxy) is 2. The first-order valence-corrected chi connectivity index (χ1v) is 6.38. The van der Waals surface area contributed by atoms with Crippen molar-refractivity contribution in [3.05, 3.63) is 22.2 Å². The zero-order chi connectivity index (χ0) is 13.1. The highest BCUT2D eigenvalue weighted by Gasteiger charge is 2.16. The summed E-state index contributed by atoms with van der Waals surface area (Å²) >= 11 is 3.44. The number of hydrogen-bond donors (Lipinski definition) is 1. The van der Waals surface area contributed by atoms with E-state index in [1.807, 2.05) is 32.9 Å². The van der Waals surface area contributed by atoms with E-state index < -0.39 is 0 Å². The van der Waals surface area contributed by atoms with E-state index in [4.69, 9.17) is 15.2 Å². The van der Waals surface area contributed by atoms with Gasteiger partial charge >= 0.3 is 0 Å². The van der Waals surface area contributed by atoms with Crippen LogP contribution in [0, 0.1) is 6.92 Å². The Morgan fingerprint density at radius 1 is 1.35 bits per heavy atom. The molecule has 0 spiro atoms. The fourth-order valence-electron chi connectivity index (χ4n) is 1.29. The molecule has 0 aliphatic heterocycles. The number of methoxy groups -OCH3 is 1. The summed E-state index contributed by atoms with van der Waals surface area (Å²) in [5, 5.41) is 0. The molecule has 0 amide bonds. The third kappa shape index (κ3) is 4.21. The minimum atomic E-state index is -0.157. The van der Waals surface area contributed by atoms with Crippen LogP contribution in [0.25, 0.3) is 0 Å². The number of rotatable bonds is 5. The van der Waals surface area contributed by atoms with Crippen molar-refractivity contribution in [1.29, 1.82) is 0 Å². The predicted octanol–water partition coefficient (Wildman–Crippen LogP) is 3.53. The molecule has 1 rings (SSSR count). The maximum Gasteiger partial charge on any atom is 0.133 e. The van der Waals surface area contributed by atoms with Crippen molar-refractivity contribution >= 4 is 21.6 Å². The van der Waals surface area contributed by atoms with Gasteiger partial charge in [-0.3, -0.25) is 0 Å². The molecule has 0 aromatic heterocycles. The molecular formula is C13H20BrNO2. The van der Waals surface area contributed by atoms with Gasteiger partial charge < -0.3 is 15.2 Å². The van der Waals surface area contributed by atoms with E-state index in [0.29, 0.717) is 6.61 Å². The molecule has 17 heavy (non-hydrogen) atoms. The number of nitrogen functional groups attached to an aromatic ring is 1. The number of anilines is 1. The Bertz CT molecular complexity index is 391. The van der Waals surface area contributed by atoms with Crippen LogP contribution in [0.1, 0.15) is 25.8 Å². The summed E-state index contributed by atoms with van der Waals surface area (Å²) in [5.74, 6) is 0.823.